The zero-order valence-electron chi connectivity index (χ0n) is 25.9. The van der Waals surface area contributed by atoms with Gasteiger partial charge in [-0.25, -0.2) is 4.79 Å². The molecule has 46 heavy (non-hydrogen) atoms. The highest BCUT2D eigenvalue weighted by Gasteiger charge is 2.41. The molecule has 12 heteroatoms. The van der Waals surface area contributed by atoms with Gasteiger partial charge in [-0.05, 0) is 48.7 Å². The number of hydrogen-bond donors (Lipinski definition) is 1. The molecular formula is C34H40ClN5O6. The fraction of sp³-hybridized carbons (Fsp3) is 0.412. The number of carboxylic acids is 1. The van der Waals surface area contributed by atoms with Gasteiger partial charge in [-0.1, -0.05) is 35.9 Å². The highest BCUT2D eigenvalue weighted by molar-refractivity contribution is 6.41. The standard InChI is InChI=1S/C34H40ClN5O6/c1-3-13-36(14-4-2)28-10-7-25(35)22-29(28)39-17-18-40(33(43)32(39)42)30(34(44)45)21-24-5-8-27(9-6-24)38-16-15-37(23-31(38)41)26-11-19-46-20-12-26/h3-10,22,26,30H,1-2,11-21,23H2,(H,44,45). The molecule has 3 heterocycles. The van der Waals surface area contributed by atoms with Crippen molar-refractivity contribution in [3.63, 3.8) is 0 Å². The van der Waals surface area contributed by atoms with Crippen LogP contribution in [0.15, 0.2) is 67.8 Å². The molecule has 0 radical (unpaired) electrons. The number of carbonyl (C=O) groups excluding carboxylic acids is 3. The smallest absolute Gasteiger partial charge is 0.326 e. The molecule has 3 aliphatic heterocycles. The summed E-state index contributed by atoms with van der Waals surface area (Å²) in [7, 11) is 0. The summed E-state index contributed by atoms with van der Waals surface area (Å²) in [6.07, 6.45) is 5.32. The maximum atomic E-state index is 13.5. The van der Waals surface area contributed by atoms with E-state index < -0.39 is 23.8 Å². The molecular weight excluding hydrogens is 610 g/mol. The molecule has 0 aromatic heterocycles. The number of aliphatic carboxylic acids is 1. The number of carbonyl (C=O) groups is 4. The summed E-state index contributed by atoms with van der Waals surface area (Å²) >= 11 is 6.30. The van der Waals surface area contributed by atoms with Gasteiger partial charge in [-0.2, -0.15) is 0 Å². The summed E-state index contributed by atoms with van der Waals surface area (Å²) in [5.74, 6) is -2.90. The van der Waals surface area contributed by atoms with Gasteiger partial charge in [-0.15, -0.1) is 13.2 Å². The van der Waals surface area contributed by atoms with Crippen LogP contribution in [-0.4, -0.2) is 110 Å². The first-order valence-corrected chi connectivity index (χ1v) is 15.9. The topological polar surface area (TPSA) is 114 Å². The van der Waals surface area contributed by atoms with Gasteiger partial charge in [0.05, 0.1) is 17.9 Å². The Hall–Kier alpha value is -4.19. The number of piperazine rings is 2. The molecule has 3 saturated heterocycles. The third-order valence-corrected chi connectivity index (χ3v) is 9.05. The Morgan fingerprint density at radius 1 is 0.957 bits per heavy atom. The minimum absolute atomic E-state index is 0.00890. The van der Waals surface area contributed by atoms with Crippen LogP contribution in [0, 0.1) is 0 Å². The second kappa shape index (κ2) is 14.9. The first-order valence-electron chi connectivity index (χ1n) is 15.5. The van der Waals surface area contributed by atoms with Gasteiger partial charge >= 0.3 is 17.8 Å². The molecule has 3 fully saturated rings. The maximum Gasteiger partial charge on any atom is 0.326 e. The highest BCUT2D eigenvalue weighted by Crippen LogP contribution is 2.34. The maximum absolute atomic E-state index is 13.5. The summed E-state index contributed by atoms with van der Waals surface area (Å²) in [5.41, 5.74) is 2.55. The van der Waals surface area contributed by atoms with Crippen molar-refractivity contribution in [1.29, 1.82) is 0 Å². The van der Waals surface area contributed by atoms with Gasteiger partial charge in [0, 0.05) is 75.7 Å². The number of benzene rings is 2. The molecule has 3 amide bonds. The van der Waals surface area contributed by atoms with Crippen molar-refractivity contribution in [1.82, 2.24) is 9.80 Å². The average Bonchev–Trinajstić information content (AvgIpc) is 3.06. The average molecular weight is 650 g/mol. The third kappa shape index (κ3) is 7.27. The second-order valence-electron chi connectivity index (χ2n) is 11.7. The van der Waals surface area contributed by atoms with Crippen LogP contribution in [0.1, 0.15) is 18.4 Å². The SMILES string of the molecule is C=CCN(CC=C)c1ccc(Cl)cc1N1CCN(C(Cc2ccc(N3CCN(C4CCOCC4)CC3=O)cc2)C(=O)O)C(=O)C1=O. The van der Waals surface area contributed by atoms with E-state index in [2.05, 4.69) is 18.1 Å². The normalized spacial score (nSPS) is 18.9. The number of amides is 3. The van der Waals surface area contributed by atoms with E-state index in [4.69, 9.17) is 16.3 Å². The van der Waals surface area contributed by atoms with Gasteiger partial charge < -0.3 is 29.4 Å². The Bertz CT molecular complexity index is 1470. The lowest BCUT2D eigenvalue weighted by Crippen LogP contribution is -2.59. The summed E-state index contributed by atoms with van der Waals surface area (Å²) in [6, 6.07) is 11.4. The van der Waals surface area contributed by atoms with E-state index in [1.807, 2.05) is 4.90 Å². The van der Waals surface area contributed by atoms with E-state index in [1.54, 1.807) is 59.5 Å². The van der Waals surface area contributed by atoms with Crippen LogP contribution in [0.2, 0.25) is 5.02 Å². The number of halogens is 1. The van der Waals surface area contributed by atoms with E-state index in [9.17, 15) is 24.3 Å². The van der Waals surface area contributed by atoms with Gasteiger partial charge in [0.2, 0.25) is 5.91 Å². The largest absolute Gasteiger partial charge is 0.480 e. The van der Waals surface area contributed by atoms with Crippen molar-refractivity contribution in [3.05, 3.63) is 78.4 Å². The predicted molar refractivity (Wildman–Crippen MR) is 177 cm³/mol. The van der Waals surface area contributed by atoms with Crippen LogP contribution in [0.25, 0.3) is 0 Å². The van der Waals surface area contributed by atoms with Gasteiger partial charge in [0.25, 0.3) is 0 Å². The summed E-state index contributed by atoms with van der Waals surface area (Å²) in [6.45, 7) is 11.8. The molecule has 1 atom stereocenters. The lowest BCUT2D eigenvalue weighted by molar-refractivity contribution is -0.155. The quantitative estimate of drug-likeness (QED) is 0.276. The number of rotatable bonds is 12. The highest BCUT2D eigenvalue weighted by atomic mass is 35.5. The van der Waals surface area contributed by atoms with Gasteiger partial charge in [0.15, 0.2) is 0 Å². The number of anilines is 3. The molecule has 2 aromatic rings. The molecule has 0 spiro atoms. The van der Waals surface area contributed by atoms with E-state index >= 15 is 0 Å². The predicted octanol–water partition coefficient (Wildman–Crippen LogP) is 3.22. The van der Waals surface area contributed by atoms with Crippen LogP contribution in [0.4, 0.5) is 17.1 Å². The summed E-state index contributed by atoms with van der Waals surface area (Å²) in [5, 5.41) is 10.5. The molecule has 2 aromatic carbocycles. The van der Waals surface area contributed by atoms with E-state index in [0.29, 0.717) is 54.2 Å². The third-order valence-electron chi connectivity index (χ3n) is 8.82. The van der Waals surface area contributed by atoms with Crippen LogP contribution in [-0.2, 0) is 30.3 Å². The van der Waals surface area contributed by atoms with E-state index in [1.165, 1.54) is 4.90 Å². The first-order chi connectivity index (χ1) is 22.2. The molecule has 3 aliphatic rings. The fourth-order valence-electron chi connectivity index (χ4n) is 6.43. The van der Waals surface area contributed by atoms with Crippen molar-refractivity contribution >= 4 is 52.4 Å². The fourth-order valence-corrected chi connectivity index (χ4v) is 6.60. The van der Waals surface area contributed by atoms with Crippen LogP contribution in [0.5, 0.6) is 0 Å². The Kier molecular flexibility index (Phi) is 10.8. The van der Waals surface area contributed by atoms with Crippen molar-refractivity contribution in [3.8, 4) is 0 Å². The van der Waals surface area contributed by atoms with E-state index in [0.717, 1.165) is 43.2 Å². The molecule has 0 aliphatic carbocycles. The molecule has 11 nitrogen and oxygen atoms in total. The Balaban J connectivity index is 1.26. The lowest BCUT2D eigenvalue weighted by atomic mass is 10.0. The van der Waals surface area contributed by atoms with Gasteiger partial charge in [-0.3, -0.25) is 19.3 Å². The van der Waals surface area contributed by atoms with Crippen molar-refractivity contribution in [2.24, 2.45) is 0 Å². The number of ether oxygens (including phenoxy) is 1. The second-order valence-corrected chi connectivity index (χ2v) is 12.1. The summed E-state index contributed by atoms with van der Waals surface area (Å²) < 4.78 is 5.45. The van der Waals surface area contributed by atoms with E-state index in [-0.39, 0.29) is 25.4 Å². The zero-order chi connectivity index (χ0) is 32.8. The zero-order valence-corrected chi connectivity index (χ0v) is 26.6. The number of carboxylic acid groups (broad SMARTS) is 1. The Morgan fingerprint density at radius 3 is 2.26 bits per heavy atom. The number of nitrogens with zero attached hydrogens (tertiary/aromatic N) is 5. The van der Waals surface area contributed by atoms with Crippen LogP contribution >= 0.6 is 11.6 Å². The van der Waals surface area contributed by atoms with Crippen molar-refractivity contribution in [2.75, 3.05) is 73.7 Å². The number of hydrogen-bond acceptors (Lipinski definition) is 7. The Morgan fingerprint density at radius 2 is 1.63 bits per heavy atom. The van der Waals surface area contributed by atoms with Crippen LogP contribution < -0.4 is 14.7 Å². The van der Waals surface area contributed by atoms with Crippen molar-refractivity contribution < 1.29 is 29.0 Å². The summed E-state index contributed by atoms with van der Waals surface area (Å²) in [4.78, 5) is 60.8. The van der Waals surface area contributed by atoms with Gasteiger partial charge in [0.1, 0.15) is 6.04 Å². The molecule has 5 rings (SSSR count). The monoisotopic (exact) mass is 649 g/mol. The molecule has 1 N–H and O–H groups in total. The van der Waals surface area contributed by atoms with Crippen molar-refractivity contribution in [2.45, 2.75) is 31.3 Å². The molecule has 244 valence electrons. The molecule has 1 unspecified atom stereocenters. The molecule has 0 bridgehead atoms. The Labute approximate surface area is 274 Å². The first kappa shape index (κ1) is 33.2. The minimum atomic E-state index is -1.24. The minimum Gasteiger partial charge on any atom is -0.480 e. The molecule has 0 saturated carbocycles. The lowest BCUT2D eigenvalue weighted by Gasteiger charge is -2.40. The van der Waals surface area contributed by atoms with Crippen LogP contribution in [0.3, 0.4) is 0 Å².